The van der Waals surface area contributed by atoms with E-state index in [4.69, 9.17) is 45.8 Å². The van der Waals surface area contributed by atoms with Gasteiger partial charge in [-0.25, -0.2) is 0 Å². The molecule has 5 aromatic carbocycles. The van der Waals surface area contributed by atoms with Crippen molar-refractivity contribution in [2.75, 3.05) is 120 Å². The Labute approximate surface area is 1050 Å². The van der Waals surface area contributed by atoms with Crippen molar-refractivity contribution < 1.29 is 174 Å². The predicted octanol–water partition coefficient (Wildman–Crippen LogP) is 9.77. The van der Waals surface area contributed by atoms with Crippen LogP contribution in [0.3, 0.4) is 0 Å². The summed E-state index contributed by atoms with van der Waals surface area (Å²) < 4.78 is 16.6. The zero-order valence-electron chi connectivity index (χ0n) is 77.9. The Bertz CT molecular complexity index is 4920. The molecule has 5 rings (SSSR count). The number of carbonyl (C=O) groups is 14. The van der Waals surface area contributed by atoms with Crippen molar-refractivity contribution in [3.8, 4) is 0 Å². The standard InChI is InChI=1S/C37H44I6N2O15.C21H28I3NO7.C17H20I3NO7.C16H20I3NO6/c38-30-26(22(57)5-1-17(52)11-46)32(40)36(33(41)27(30)23(58)6-2-18(53)12-47)44(15-50)9-21(56)10-45(16-51)37-34(42)28(24(59)7-3-19(54)13-48)31(39)29(35(37)43)25(60)8-4-20(55)14-49;1-31-12(7-9-26)3-5-14(29)16-18(22)17(20(24)21(19(16)23)25-11-28)15(30)6-4-13(32-2)8-10-27;18-14-12(10(27)3-1-8(25)5-22)15(19)17(21-7-24)16(20)13(14)11(28)4-2-9(26)6-23;17-13-11(9(25)3-1-7(23)5-21)14(18)16(20)15(19)12(13)10(26)4-2-8(24)6-22/h15-21,46-49,52-56H,1-14H2;11-13,26-27H,3-10H2,1-2H3,(H,25,28);7-9,22-23,25-26H,1-6H2,(H,21,24);7-8,21-24H,1-6,20H2. The molecule has 0 bridgehead atoms. The molecule has 0 heterocycles. The van der Waals surface area contributed by atoms with Gasteiger partial charge < -0.3 is 133 Å². The highest BCUT2D eigenvalue weighted by Crippen LogP contribution is 2.45. The SMILES string of the molecule is COC(CCO)CCC(=O)c1c(I)c(NC=O)c(I)c(C(=O)CCC(CCO)OC)c1I.Nc1c(I)c(C(=O)CCC(O)CO)c(I)c(C(=O)CCC(O)CO)c1I.O=CN(CC(O)CN(C=O)c1c(I)c(C(=O)CCC(O)CO)c(I)c(C(=O)CCC(O)CO)c1I)c1c(I)c(C(=O)CCC(O)CO)c(I)c(C(=O)CCC(O)CO)c1I.O=CNc1c(I)c(C(=O)CCC(O)CO)c(I)c(C(=O)CCC(O)CO)c1I. The summed E-state index contributed by atoms with van der Waals surface area (Å²) in [6.07, 6.45) is -8.09. The molecule has 10 unspecified atom stereocenters. The van der Waals surface area contributed by atoms with Gasteiger partial charge in [0.25, 0.3) is 0 Å². The van der Waals surface area contributed by atoms with Crippen molar-refractivity contribution in [1.29, 1.82) is 0 Å². The second kappa shape index (κ2) is 74.9. The Morgan fingerprint density at radius 2 is 0.425 bits per heavy atom. The Morgan fingerprint density at radius 1 is 0.260 bits per heavy atom. The lowest BCUT2D eigenvalue weighted by molar-refractivity contribution is -0.108. The number of aliphatic hydroxyl groups excluding tert-OH is 19. The van der Waals surface area contributed by atoms with Crippen LogP contribution < -0.4 is 26.2 Å². The van der Waals surface area contributed by atoms with Gasteiger partial charge in [0, 0.05) is 201 Å². The molecule has 0 aliphatic heterocycles. The molecule has 23 N–H and O–H groups in total. The van der Waals surface area contributed by atoms with E-state index in [9.17, 15) is 134 Å². The minimum absolute atomic E-state index is 0.0185. The summed E-state index contributed by atoms with van der Waals surface area (Å²) >= 11 is 28.7. The minimum Gasteiger partial charge on any atom is -0.397 e. The second-order valence-electron chi connectivity index (χ2n) is 32.1. The highest BCUT2D eigenvalue weighted by atomic mass is 127. The number of anilines is 5. The summed E-state index contributed by atoms with van der Waals surface area (Å²) in [5.74, 6) is -3.58. The highest BCUT2D eigenvalue weighted by Gasteiger charge is 2.38. The van der Waals surface area contributed by atoms with E-state index in [0.717, 1.165) is 9.80 Å². The number of halogens is 15. The van der Waals surface area contributed by atoms with Crippen molar-refractivity contribution in [2.24, 2.45) is 0 Å². The monoisotopic (exact) mass is 3740 g/mol. The molecule has 4 amide bonds. The van der Waals surface area contributed by atoms with Crippen LogP contribution in [0.15, 0.2) is 0 Å². The number of rotatable bonds is 66. The van der Waals surface area contributed by atoms with E-state index in [1.54, 1.807) is 0 Å². The third-order valence-electron chi connectivity index (χ3n) is 21.7. The zero-order valence-corrected chi connectivity index (χ0v) is 110. The van der Waals surface area contributed by atoms with E-state index in [1.807, 2.05) is 339 Å². The van der Waals surface area contributed by atoms with Crippen LogP contribution in [0.2, 0.25) is 0 Å². The Hall–Kier alpha value is 0.590. The normalized spacial score (nSPS) is 13.5. The lowest BCUT2D eigenvalue weighted by Crippen LogP contribution is -2.41. The summed E-state index contributed by atoms with van der Waals surface area (Å²) in [6.45, 7) is -5.22. The number of nitrogens with two attached hydrogens (primary N) is 1. The van der Waals surface area contributed by atoms with E-state index >= 15 is 0 Å². The molecule has 0 saturated heterocycles. The molecule has 0 saturated carbocycles. The highest BCUT2D eigenvalue weighted by molar-refractivity contribution is 14.1. The predicted molar refractivity (Wildman–Crippen MR) is 665 cm³/mol. The number of benzene rings is 5. The van der Waals surface area contributed by atoms with Crippen LogP contribution in [0.25, 0.3) is 0 Å². The van der Waals surface area contributed by atoms with Gasteiger partial charge in [0.15, 0.2) is 57.8 Å². The molecule has 146 heavy (non-hydrogen) atoms. The van der Waals surface area contributed by atoms with E-state index < -0.39 is 144 Å². The van der Waals surface area contributed by atoms with Crippen LogP contribution in [0, 0.1) is 53.6 Å². The first-order valence-corrected chi connectivity index (χ1v) is 60.3. The Balaban J connectivity index is 0.000000708. The lowest BCUT2D eigenvalue weighted by atomic mass is 9.97. The van der Waals surface area contributed by atoms with Gasteiger partial charge in [0.1, 0.15) is 0 Å². The molecule has 55 heteroatoms. The van der Waals surface area contributed by atoms with Gasteiger partial charge in [-0.05, 0) is 416 Å². The first-order chi connectivity index (χ1) is 68.9. The van der Waals surface area contributed by atoms with Crippen LogP contribution >= 0.6 is 339 Å². The smallest absolute Gasteiger partial charge is 0.214 e. The van der Waals surface area contributed by atoms with Crippen LogP contribution in [-0.4, -0.2) is 341 Å². The van der Waals surface area contributed by atoms with Crippen LogP contribution in [0.4, 0.5) is 28.4 Å². The van der Waals surface area contributed by atoms with Crippen molar-refractivity contribution >= 4 is 451 Å². The van der Waals surface area contributed by atoms with Gasteiger partial charge in [-0.1, -0.05) is 0 Å². The van der Waals surface area contributed by atoms with Gasteiger partial charge in [-0.2, -0.15) is 0 Å². The van der Waals surface area contributed by atoms with E-state index in [-0.39, 0.29) is 242 Å². The van der Waals surface area contributed by atoms with Crippen molar-refractivity contribution in [3.05, 3.63) is 109 Å². The Morgan fingerprint density at radius 3 is 0.575 bits per heavy atom. The third kappa shape index (κ3) is 43.2. The van der Waals surface area contributed by atoms with Gasteiger partial charge >= 0.3 is 0 Å². The molecule has 0 fully saturated rings. The number of Topliss-reactive ketones (excluding diaryl/α,β-unsaturated/α-hetero) is 10. The van der Waals surface area contributed by atoms with Crippen molar-refractivity contribution in [1.82, 2.24) is 0 Å². The molecular formula is C91H112I15N5O35. The van der Waals surface area contributed by atoms with Crippen molar-refractivity contribution in [2.45, 2.75) is 208 Å². The molecule has 0 aliphatic carbocycles. The minimum atomic E-state index is -1.55. The summed E-state index contributed by atoms with van der Waals surface area (Å²) in [5, 5.41) is 185. The maximum atomic E-state index is 13.7. The maximum absolute atomic E-state index is 13.7. The maximum Gasteiger partial charge on any atom is 0.214 e. The summed E-state index contributed by atoms with van der Waals surface area (Å²) in [7, 11) is 3.08. The topological polar surface area (TPSA) is 698 Å². The van der Waals surface area contributed by atoms with Crippen molar-refractivity contribution in [3.63, 3.8) is 0 Å². The number of nitrogens with one attached hydrogen (secondary N) is 2. The summed E-state index contributed by atoms with van der Waals surface area (Å²) in [6, 6.07) is 0. The average Bonchev–Trinajstić information content (AvgIpc) is 0.750. The van der Waals surface area contributed by atoms with Gasteiger partial charge in [-0.15, -0.1) is 0 Å². The van der Waals surface area contributed by atoms with E-state index in [2.05, 4.69) is 10.6 Å². The molecule has 0 aromatic heterocycles. The van der Waals surface area contributed by atoms with Gasteiger partial charge in [0.05, 0.1) is 162 Å². The number of amides is 4. The van der Waals surface area contributed by atoms with Crippen LogP contribution in [-0.2, 0) is 28.7 Å². The number of ether oxygens (including phenoxy) is 2. The molecule has 5 aromatic rings. The number of carbonyl (C=O) groups excluding carboxylic acids is 14. The molecule has 0 spiro atoms. The first kappa shape index (κ1) is 143. The fourth-order valence-corrected chi connectivity index (χ4v) is 37.2. The number of hydrogen-bond acceptors (Lipinski definition) is 36. The molecular weight excluding hydrogens is 3630 g/mol. The second-order valence-corrected chi connectivity index (χ2v) is 48.2. The van der Waals surface area contributed by atoms with E-state index in [0.29, 0.717) is 123 Å². The molecule has 816 valence electrons. The molecule has 40 nitrogen and oxygen atoms in total. The number of aliphatic hydroxyl groups is 19. The summed E-state index contributed by atoms with van der Waals surface area (Å²) in [5.41, 5.74) is 9.48. The average molecular weight is 3740 g/mol. The van der Waals surface area contributed by atoms with Crippen LogP contribution in [0.5, 0.6) is 0 Å². The molecule has 0 aliphatic rings. The number of nitrogen functional groups attached to an aromatic ring is 1. The van der Waals surface area contributed by atoms with Crippen LogP contribution in [0.1, 0.15) is 245 Å². The summed E-state index contributed by atoms with van der Waals surface area (Å²) in [4.78, 5) is 182. The molecule has 10 atom stereocenters. The number of nitrogens with zero attached hydrogens (tertiary/aromatic N) is 2. The third-order valence-corrected chi connectivity index (χ3v) is 37.8. The largest absolute Gasteiger partial charge is 0.397 e. The number of hydrogen-bond donors (Lipinski definition) is 22. The lowest BCUT2D eigenvalue weighted by Gasteiger charge is -2.30. The quantitative estimate of drug-likeness (QED) is 0.00744. The van der Waals surface area contributed by atoms with Gasteiger partial charge in [-0.3, -0.25) is 67.1 Å². The number of ketones is 10. The Kier molecular flexibility index (Phi) is 73.2. The fourth-order valence-electron chi connectivity index (χ4n) is 13.5. The molecule has 0 radical (unpaired) electrons. The first-order valence-electron chi connectivity index (χ1n) is 44.1. The van der Waals surface area contributed by atoms with E-state index in [1.165, 1.54) is 14.2 Å². The van der Waals surface area contributed by atoms with Gasteiger partial charge in [0.2, 0.25) is 25.6 Å². The fraction of sp³-hybridized carbons (Fsp3) is 0.516. The number of methoxy groups -OCH3 is 2. The zero-order chi connectivity index (χ0) is 111.